The molecule has 3 aromatic rings. The van der Waals surface area contributed by atoms with E-state index >= 15 is 0 Å². The molecule has 0 bridgehead atoms. The van der Waals surface area contributed by atoms with Gasteiger partial charge < -0.3 is 9.47 Å². The number of amides is 1. The van der Waals surface area contributed by atoms with Crippen molar-refractivity contribution in [3.63, 3.8) is 0 Å². The number of benzene rings is 2. The summed E-state index contributed by atoms with van der Waals surface area (Å²) in [6.07, 6.45) is 0. The summed E-state index contributed by atoms with van der Waals surface area (Å²) in [5.41, 5.74) is 1.97. The summed E-state index contributed by atoms with van der Waals surface area (Å²) in [5, 5.41) is 7.38. The van der Waals surface area contributed by atoms with E-state index in [-0.39, 0.29) is 5.91 Å². The fraction of sp³-hybridized carbons (Fsp3) is 0.227. The second kappa shape index (κ2) is 7.09. The monoisotopic (exact) mass is 390 g/mol. The van der Waals surface area contributed by atoms with Gasteiger partial charge in [0, 0.05) is 5.69 Å². The summed E-state index contributed by atoms with van der Waals surface area (Å²) in [7, 11) is 3.21. The summed E-state index contributed by atoms with van der Waals surface area (Å²) in [6, 6.07) is 16.7. The van der Waals surface area contributed by atoms with Crippen LogP contribution in [0.25, 0.3) is 0 Å². The van der Waals surface area contributed by atoms with Gasteiger partial charge in [0.25, 0.3) is 5.91 Å². The number of rotatable bonds is 4. The minimum absolute atomic E-state index is 0.240. The molecule has 29 heavy (non-hydrogen) atoms. The normalized spacial score (nSPS) is 15.0. The number of nitrogens with zero attached hydrogens (tertiary/aromatic N) is 3. The molecule has 0 saturated carbocycles. The molecule has 1 aliphatic heterocycles. The zero-order valence-corrected chi connectivity index (χ0v) is 16.8. The van der Waals surface area contributed by atoms with Crippen molar-refractivity contribution in [3.8, 4) is 11.5 Å². The molecule has 7 heteroatoms. The van der Waals surface area contributed by atoms with Crippen molar-refractivity contribution < 1.29 is 14.3 Å². The van der Waals surface area contributed by atoms with E-state index in [9.17, 15) is 4.79 Å². The van der Waals surface area contributed by atoms with E-state index in [0.717, 1.165) is 22.5 Å². The first-order valence-electron chi connectivity index (χ1n) is 9.22. The van der Waals surface area contributed by atoms with Gasteiger partial charge in [0.15, 0.2) is 5.54 Å². The van der Waals surface area contributed by atoms with Crippen molar-refractivity contribution in [1.82, 2.24) is 15.1 Å². The Morgan fingerprint density at radius 2 is 1.41 bits per heavy atom. The molecule has 148 valence electrons. The lowest BCUT2D eigenvalue weighted by atomic mass is 9.83. The van der Waals surface area contributed by atoms with Crippen molar-refractivity contribution >= 4 is 11.9 Å². The minimum Gasteiger partial charge on any atom is -0.497 e. The molecule has 0 radical (unpaired) electrons. The predicted molar refractivity (Wildman–Crippen MR) is 109 cm³/mol. The number of carbonyl (C=O) groups excluding carboxylic acids is 1. The summed E-state index contributed by atoms with van der Waals surface area (Å²) in [4.78, 5) is 18.2. The average molecular weight is 390 g/mol. The number of carbonyl (C=O) groups is 1. The van der Waals surface area contributed by atoms with E-state index in [1.165, 1.54) is 0 Å². The second-order valence-corrected chi connectivity index (χ2v) is 6.90. The molecule has 1 amide bonds. The molecule has 0 unspecified atom stereocenters. The standard InChI is InChI=1S/C22H22N4O3/c1-14-13-15(2)26(25-14)21-23-20(27)22(24-21,16-5-9-18(28-3)10-6-16)17-7-11-19(29-4)12-8-17/h5-13H,1-4H3,(H,23,24,27). The van der Waals surface area contributed by atoms with Gasteiger partial charge >= 0.3 is 0 Å². The van der Waals surface area contributed by atoms with Gasteiger partial charge in [-0.3, -0.25) is 10.1 Å². The number of aromatic nitrogens is 2. The fourth-order valence-electron chi connectivity index (χ4n) is 3.60. The van der Waals surface area contributed by atoms with Crippen LogP contribution in [0.15, 0.2) is 59.6 Å². The topological polar surface area (TPSA) is 77.7 Å². The molecule has 0 aliphatic carbocycles. The van der Waals surface area contributed by atoms with E-state index in [1.54, 1.807) is 18.9 Å². The first kappa shape index (κ1) is 18.7. The lowest BCUT2D eigenvalue weighted by Gasteiger charge is -2.24. The Labute approximate surface area is 169 Å². The maximum Gasteiger partial charge on any atom is 0.264 e. The van der Waals surface area contributed by atoms with Gasteiger partial charge in [0.05, 0.1) is 19.9 Å². The van der Waals surface area contributed by atoms with Crippen molar-refractivity contribution in [2.75, 3.05) is 14.2 Å². The van der Waals surface area contributed by atoms with Crippen molar-refractivity contribution in [2.24, 2.45) is 4.99 Å². The lowest BCUT2D eigenvalue weighted by molar-refractivity contribution is -0.122. The Bertz CT molecular complexity index is 1030. The first-order valence-corrected chi connectivity index (χ1v) is 9.22. The molecule has 0 saturated heterocycles. The Kier molecular flexibility index (Phi) is 4.58. The third-order valence-corrected chi connectivity index (χ3v) is 5.05. The minimum atomic E-state index is -1.24. The highest BCUT2D eigenvalue weighted by molar-refractivity contribution is 6.10. The second-order valence-electron chi connectivity index (χ2n) is 6.90. The van der Waals surface area contributed by atoms with E-state index in [0.29, 0.717) is 17.5 Å². The van der Waals surface area contributed by atoms with Gasteiger partial charge in [0.2, 0.25) is 5.96 Å². The number of methoxy groups -OCH3 is 2. The van der Waals surface area contributed by atoms with Crippen LogP contribution in [0.3, 0.4) is 0 Å². The van der Waals surface area contributed by atoms with Crippen LogP contribution in [0.2, 0.25) is 0 Å². The molecule has 2 heterocycles. The van der Waals surface area contributed by atoms with Gasteiger partial charge in [-0.05, 0) is 55.3 Å². The van der Waals surface area contributed by atoms with Gasteiger partial charge in [0.1, 0.15) is 11.5 Å². The number of ether oxygens (including phenoxy) is 2. The van der Waals surface area contributed by atoms with Crippen LogP contribution in [-0.2, 0) is 10.3 Å². The van der Waals surface area contributed by atoms with Crippen LogP contribution in [-0.4, -0.2) is 35.9 Å². The zero-order chi connectivity index (χ0) is 20.6. The number of hydrogen-bond donors (Lipinski definition) is 1. The summed E-state index contributed by atoms with van der Waals surface area (Å²) in [5.74, 6) is 1.57. The van der Waals surface area contributed by atoms with Crippen LogP contribution in [0, 0.1) is 13.8 Å². The maximum absolute atomic E-state index is 13.4. The molecule has 7 nitrogen and oxygen atoms in total. The molecule has 0 atom stereocenters. The highest BCUT2D eigenvalue weighted by atomic mass is 16.5. The van der Waals surface area contributed by atoms with Crippen LogP contribution in [0.4, 0.5) is 0 Å². The number of nitrogens with one attached hydrogen (secondary N) is 1. The fourth-order valence-corrected chi connectivity index (χ4v) is 3.60. The zero-order valence-electron chi connectivity index (χ0n) is 16.8. The van der Waals surface area contributed by atoms with Gasteiger partial charge in [-0.25, -0.2) is 9.67 Å². The molecule has 4 rings (SSSR count). The molecule has 1 aromatic heterocycles. The molecule has 0 spiro atoms. The molecular formula is C22H22N4O3. The number of aryl methyl sites for hydroxylation is 2. The SMILES string of the molecule is COc1ccc(C2(c3ccc(OC)cc3)N=C(n3nc(C)cc3C)NC2=O)cc1. The van der Waals surface area contributed by atoms with E-state index in [2.05, 4.69) is 10.4 Å². The quantitative estimate of drug-likeness (QED) is 0.743. The molecule has 1 N–H and O–H groups in total. The molecule has 0 fully saturated rings. The van der Waals surface area contributed by atoms with Crippen molar-refractivity contribution in [3.05, 3.63) is 77.1 Å². The van der Waals surface area contributed by atoms with Gasteiger partial charge in [-0.1, -0.05) is 24.3 Å². The average Bonchev–Trinajstić information content (AvgIpc) is 3.27. The van der Waals surface area contributed by atoms with Crippen LogP contribution in [0.1, 0.15) is 22.5 Å². The lowest BCUT2D eigenvalue weighted by Crippen LogP contribution is -2.39. The van der Waals surface area contributed by atoms with E-state index in [4.69, 9.17) is 14.5 Å². The Morgan fingerprint density at radius 1 is 0.897 bits per heavy atom. The van der Waals surface area contributed by atoms with E-state index < -0.39 is 5.54 Å². The Hall–Kier alpha value is -3.61. The maximum atomic E-state index is 13.4. The highest BCUT2D eigenvalue weighted by Crippen LogP contribution is 2.38. The third kappa shape index (κ3) is 3.04. The summed E-state index contributed by atoms with van der Waals surface area (Å²) in [6.45, 7) is 3.83. The summed E-state index contributed by atoms with van der Waals surface area (Å²) < 4.78 is 12.2. The highest BCUT2D eigenvalue weighted by Gasteiger charge is 2.47. The summed E-state index contributed by atoms with van der Waals surface area (Å²) >= 11 is 0. The number of hydrogen-bond acceptors (Lipinski definition) is 5. The smallest absolute Gasteiger partial charge is 0.264 e. The predicted octanol–water partition coefficient (Wildman–Crippen LogP) is 2.79. The molecular weight excluding hydrogens is 368 g/mol. The molecule has 2 aromatic carbocycles. The number of aliphatic imine (C=N–C) groups is 1. The third-order valence-electron chi connectivity index (χ3n) is 5.05. The van der Waals surface area contributed by atoms with Crippen LogP contribution < -0.4 is 14.8 Å². The Balaban J connectivity index is 1.91. The largest absolute Gasteiger partial charge is 0.497 e. The van der Waals surface area contributed by atoms with Crippen LogP contribution in [0.5, 0.6) is 11.5 Å². The van der Waals surface area contributed by atoms with Crippen LogP contribution >= 0.6 is 0 Å². The van der Waals surface area contributed by atoms with Crippen molar-refractivity contribution in [1.29, 1.82) is 0 Å². The van der Waals surface area contributed by atoms with E-state index in [1.807, 2.05) is 68.4 Å². The van der Waals surface area contributed by atoms with Gasteiger partial charge in [-0.2, -0.15) is 5.10 Å². The van der Waals surface area contributed by atoms with Crippen molar-refractivity contribution in [2.45, 2.75) is 19.4 Å². The Morgan fingerprint density at radius 3 is 1.83 bits per heavy atom. The first-order chi connectivity index (χ1) is 14.0. The van der Waals surface area contributed by atoms with Gasteiger partial charge in [-0.15, -0.1) is 0 Å². The molecule has 1 aliphatic rings.